The van der Waals surface area contributed by atoms with Gasteiger partial charge in [-0.05, 0) is 41.4 Å². The molecule has 0 N–H and O–H groups in total. The average Bonchev–Trinajstić information content (AvgIpc) is 2.16. The molecule has 0 atom stereocenters. The first-order valence-electron chi connectivity index (χ1n) is 5.87. The van der Waals surface area contributed by atoms with Crippen LogP contribution in [0.2, 0.25) is 0 Å². The highest BCUT2D eigenvalue weighted by atomic mass is 19.4. The molecule has 0 aromatic heterocycles. The molecule has 3 nitrogen and oxygen atoms in total. The quantitative estimate of drug-likeness (QED) is 0.733. The average molecular weight is 270 g/mol. The first-order valence-corrected chi connectivity index (χ1v) is 5.87. The molecule has 0 aliphatic rings. The molecule has 0 heterocycles. The van der Waals surface area contributed by atoms with E-state index in [4.69, 9.17) is 4.79 Å². The molecule has 0 aliphatic carbocycles. The summed E-state index contributed by atoms with van der Waals surface area (Å²) in [5.41, 5.74) is 0.310. The van der Waals surface area contributed by atoms with E-state index in [1.165, 1.54) is 0 Å². The predicted molar refractivity (Wildman–Crippen MR) is 67.7 cm³/mol. The number of carbonyl (C=O) groups is 1. The number of hydrogen-bond acceptors (Lipinski definition) is 3. The van der Waals surface area contributed by atoms with Gasteiger partial charge in [-0.1, -0.05) is 6.92 Å². The highest BCUT2D eigenvalue weighted by Gasteiger charge is 2.24. The van der Waals surface area contributed by atoms with Gasteiger partial charge in [0.25, 0.3) is 0 Å². The van der Waals surface area contributed by atoms with Crippen molar-refractivity contribution in [2.45, 2.75) is 39.4 Å². The van der Waals surface area contributed by atoms with Gasteiger partial charge in [0.15, 0.2) is 0 Å². The van der Waals surface area contributed by atoms with Crippen LogP contribution in [0.4, 0.5) is 13.2 Å². The minimum absolute atomic E-state index is 0.310. The molecule has 0 rings (SSSR count). The van der Waals surface area contributed by atoms with Gasteiger partial charge in [0.05, 0.1) is 0 Å². The van der Waals surface area contributed by atoms with Gasteiger partial charge >= 0.3 is 6.18 Å². The van der Waals surface area contributed by atoms with Crippen molar-refractivity contribution in [2.24, 2.45) is 0 Å². The summed E-state index contributed by atoms with van der Waals surface area (Å²) >= 11 is 0. The molecule has 6 heteroatoms. The summed E-state index contributed by atoms with van der Waals surface area (Å²) in [5.74, 6) is 0. The van der Waals surface area contributed by atoms with Gasteiger partial charge < -0.3 is 4.90 Å². The van der Waals surface area contributed by atoms with Crippen LogP contribution in [0.5, 0.6) is 0 Å². The molecule has 0 aromatic carbocycles. The van der Waals surface area contributed by atoms with Crippen LogP contribution in [-0.2, 0) is 4.79 Å². The molecule has 0 aliphatic heterocycles. The number of alkyl halides is 3. The highest BCUT2D eigenvalue weighted by molar-refractivity contribution is 5.56. The Morgan fingerprint density at radius 3 is 1.61 bits per heavy atom. The summed E-state index contributed by atoms with van der Waals surface area (Å²) in [5, 5.41) is 0. The number of nitrogens with zero attached hydrogens (tertiary/aromatic N) is 2. The maximum absolute atomic E-state index is 10.4. The Labute approximate surface area is 108 Å². The zero-order valence-corrected chi connectivity index (χ0v) is 12.1. The lowest BCUT2D eigenvalue weighted by molar-refractivity contribution is -0.156. The monoisotopic (exact) mass is 270 g/mol. The lowest BCUT2D eigenvalue weighted by atomic mass is 10.1. The van der Waals surface area contributed by atoms with E-state index >= 15 is 0 Å². The van der Waals surface area contributed by atoms with E-state index in [2.05, 4.69) is 51.6 Å². The first kappa shape index (κ1) is 19.7. The fourth-order valence-electron chi connectivity index (χ4n) is 1.29. The number of carbonyl (C=O) groups excluding carboxylic acids is 1. The standard InChI is InChI=1S/C10H24N2.C2HF3O/c1-7-12(10(2,3)4)9-8-11(5)6;3-2(4,5)1-6/h7-9H2,1-6H3;1H. The van der Waals surface area contributed by atoms with Crippen LogP contribution in [0.1, 0.15) is 27.7 Å². The Morgan fingerprint density at radius 2 is 1.44 bits per heavy atom. The smallest absolute Gasteiger partial charge is 0.308 e. The van der Waals surface area contributed by atoms with Crippen molar-refractivity contribution in [3.8, 4) is 0 Å². The van der Waals surface area contributed by atoms with Crippen molar-refractivity contribution in [3.63, 3.8) is 0 Å². The van der Waals surface area contributed by atoms with Crippen LogP contribution >= 0.6 is 0 Å². The predicted octanol–water partition coefficient (Wildman–Crippen LogP) is 2.42. The molecule has 0 saturated heterocycles. The Hall–Kier alpha value is -0.620. The van der Waals surface area contributed by atoms with Crippen molar-refractivity contribution in [2.75, 3.05) is 33.7 Å². The van der Waals surface area contributed by atoms with Crippen LogP contribution in [0.3, 0.4) is 0 Å². The Kier molecular flexibility index (Phi) is 9.28. The number of rotatable bonds is 4. The summed E-state index contributed by atoms with van der Waals surface area (Å²) in [6.07, 6.45) is -5.70. The number of aldehydes is 1. The minimum atomic E-state index is -4.64. The number of halogens is 3. The largest absolute Gasteiger partial charge is 0.446 e. The third-order valence-corrected chi connectivity index (χ3v) is 2.28. The molecule has 0 radical (unpaired) electrons. The van der Waals surface area contributed by atoms with E-state index in [1.807, 2.05) is 0 Å². The lowest BCUT2D eigenvalue weighted by Gasteiger charge is -2.35. The van der Waals surface area contributed by atoms with E-state index in [1.54, 1.807) is 0 Å². The normalized spacial score (nSPS) is 12.4. The zero-order valence-electron chi connectivity index (χ0n) is 12.1. The van der Waals surface area contributed by atoms with Gasteiger partial charge in [0.2, 0.25) is 6.29 Å². The third-order valence-electron chi connectivity index (χ3n) is 2.28. The van der Waals surface area contributed by atoms with Crippen molar-refractivity contribution in [1.82, 2.24) is 9.80 Å². The fraction of sp³-hybridized carbons (Fsp3) is 0.917. The Balaban J connectivity index is 0. The van der Waals surface area contributed by atoms with Crippen LogP contribution in [0, 0.1) is 0 Å². The lowest BCUT2D eigenvalue weighted by Crippen LogP contribution is -2.44. The molecule has 18 heavy (non-hydrogen) atoms. The van der Waals surface area contributed by atoms with Crippen molar-refractivity contribution < 1.29 is 18.0 Å². The van der Waals surface area contributed by atoms with Crippen LogP contribution in [-0.4, -0.2) is 61.5 Å². The molecule has 0 unspecified atom stereocenters. The second kappa shape index (κ2) is 8.48. The number of likely N-dealkylation sites (N-methyl/N-ethyl adjacent to an activating group) is 2. The second-order valence-electron chi connectivity index (χ2n) is 5.21. The Bertz CT molecular complexity index is 222. The molecule has 110 valence electrons. The highest BCUT2D eigenvalue weighted by Crippen LogP contribution is 2.11. The van der Waals surface area contributed by atoms with Crippen LogP contribution in [0.15, 0.2) is 0 Å². The maximum atomic E-state index is 10.4. The summed E-state index contributed by atoms with van der Waals surface area (Å²) in [6, 6.07) is 0. The second-order valence-corrected chi connectivity index (χ2v) is 5.21. The van der Waals surface area contributed by atoms with Crippen molar-refractivity contribution in [3.05, 3.63) is 0 Å². The molecule has 0 aromatic rings. The van der Waals surface area contributed by atoms with E-state index in [0.29, 0.717) is 5.54 Å². The molecule has 0 saturated carbocycles. The fourth-order valence-corrected chi connectivity index (χ4v) is 1.29. The molecular weight excluding hydrogens is 245 g/mol. The van der Waals surface area contributed by atoms with Gasteiger partial charge in [-0.15, -0.1) is 0 Å². The molecule has 0 spiro atoms. The SMILES string of the molecule is CCN(CCN(C)C)C(C)(C)C.O=CC(F)(F)F. The molecular formula is C12H25F3N2O. The van der Waals surface area contributed by atoms with Gasteiger partial charge in [-0.3, -0.25) is 9.69 Å². The summed E-state index contributed by atoms with van der Waals surface area (Å²) in [7, 11) is 4.24. The third kappa shape index (κ3) is 13.4. The maximum Gasteiger partial charge on any atom is 0.446 e. The first-order chi connectivity index (χ1) is 7.94. The molecule has 0 fully saturated rings. The van der Waals surface area contributed by atoms with Gasteiger partial charge in [0, 0.05) is 18.6 Å². The van der Waals surface area contributed by atoms with Gasteiger partial charge in [-0.2, -0.15) is 13.2 Å². The van der Waals surface area contributed by atoms with Crippen LogP contribution < -0.4 is 0 Å². The van der Waals surface area contributed by atoms with E-state index in [0.717, 1.165) is 19.6 Å². The van der Waals surface area contributed by atoms with E-state index in [9.17, 15) is 13.2 Å². The summed E-state index contributed by atoms with van der Waals surface area (Å²) in [6.45, 7) is 12.5. The van der Waals surface area contributed by atoms with Crippen LogP contribution in [0.25, 0.3) is 0 Å². The van der Waals surface area contributed by atoms with Gasteiger partial charge in [0.1, 0.15) is 0 Å². The van der Waals surface area contributed by atoms with Crippen molar-refractivity contribution >= 4 is 6.29 Å². The zero-order chi connectivity index (χ0) is 15.0. The summed E-state index contributed by atoms with van der Waals surface area (Å²) in [4.78, 5) is 13.4. The van der Waals surface area contributed by atoms with Crippen molar-refractivity contribution in [1.29, 1.82) is 0 Å². The topological polar surface area (TPSA) is 23.6 Å². The van der Waals surface area contributed by atoms with E-state index in [-0.39, 0.29) is 0 Å². The number of hydrogen-bond donors (Lipinski definition) is 0. The van der Waals surface area contributed by atoms with Gasteiger partial charge in [-0.25, -0.2) is 0 Å². The minimum Gasteiger partial charge on any atom is -0.308 e. The van der Waals surface area contributed by atoms with E-state index < -0.39 is 12.5 Å². The summed E-state index contributed by atoms with van der Waals surface area (Å²) < 4.78 is 31.2. The molecule has 0 bridgehead atoms. The Morgan fingerprint density at radius 1 is 1.06 bits per heavy atom. The molecule has 0 amide bonds.